The largest absolute Gasteiger partial charge is 0.396 e. The molecule has 21 heavy (non-hydrogen) atoms. The molecule has 0 bridgehead atoms. The quantitative estimate of drug-likeness (QED) is 0.661. The first-order chi connectivity index (χ1) is 10.3. The molecular weight excluding hydrogens is 264 g/mol. The van der Waals surface area contributed by atoms with E-state index in [2.05, 4.69) is 40.3 Å². The first kappa shape index (κ1) is 16.0. The summed E-state index contributed by atoms with van der Waals surface area (Å²) in [5.41, 5.74) is 2.59. The second kappa shape index (κ2) is 8.82. The molecule has 0 aliphatic carbocycles. The van der Waals surface area contributed by atoms with Crippen molar-refractivity contribution in [2.45, 2.75) is 32.4 Å². The highest BCUT2D eigenvalue weighted by Crippen LogP contribution is 2.18. The molecule has 0 amide bonds. The van der Waals surface area contributed by atoms with E-state index in [9.17, 15) is 0 Å². The van der Waals surface area contributed by atoms with Gasteiger partial charge < -0.3 is 19.7 Å². The van der Waals surface area contributed by atoms with Crippen molar-refractivity contribution in [3.63, 3.8) is 0 Å². The third kappa shape index (κ3) is 4.84. The van der Waals surface area contributed by atoms with Gasteiger partial charge in [0.1, 0.15) is 0 Å². The van der Waals surface area contributed by atoms with Crippen LogP contribution in [-0.2, 0) is 17.8 Å². The number of fused-ring (bicyclic) bond motifs is 1. The highest BCUT2D eigenvalue weighted by atomic mass is 16.5. The summed E-state index contributed by atoms with van der Waals surface area (Å²) in [4.78, 5) is 0. The molecular formula is C17H26N2O2. The second-order valence-corrected chi connectivity index (χ2v) is 5.36. The molecule has 0 fully saturated rings. The van der Waals surface area contributed by atoms with Gasteiger partial charge in [-0.25, -0.2) is 0 Å². The molecule has 0 aliphatic rings. The average Bonchev–Trinajstić information content (AvgIpc) is 2.91. The summed E-state index contributed by atoms with van der Waals surface area (Å²) >= 11 is 0. The van der Waals surface area contributed by atoms with Crippen molar-refractivity contribution >= 4 is 10.9 Å². The molecule has 2 aromatic rings. The number of aliphatic hydroxyl groups is 1. The molecule has 0 radical (unpaired) electrons. The van der Waals surface area contributed by atoms with E-state index in [1.807, 2.05) is 0 Å². The van der Waals surface area contributed by atoms with Gasteiger partial charge in [0.05, 0.1) is 6.61 Å². The van der Waals surface area contributed by atoms with Crippen LogP contribution in [0.3, 0.4) is 0 Å². The molecule has 2 rings (SSSR count). The van der Waals surface area contributed by atoms with Crippen molar-refractivity contribution in [3.8, 4) is 0 Å². The Hall–Kier alpha value is -1.36. The highest BCUT2D eigenvalue weighted by molar-refractivity contribution is 5.80. The molecule has 0 saturated carbocycles. The highest BCUT2D eigenvalue weighted by Gasteiger charge is 2.02. The van der Waals surface area contributed by atoms with Crippen LogP contribution in [0.5, 0.6) is 0 Å². The van der Waals surface area contributed by atoms with E-state index in [1.54, 1.807) is 7.11 Å². The maximum atomic E-state index is 8.81. The number of aromatic nitrogens is 1. The standard InChI is InChI=1S/C17H26N2O2/c1-21-12-8-18-14-15-5-6-17-16(13-15)7-10-19(17)9-3-2-4-11-20/h5-7,10,13,18,20H,2-4,8-9,11-12,14H2,1H3. The number of ether oxygens (including phenoxy) is 1. The molecule has 1 heterocycles. The van der Waals surface area contributed by atoms with Crippen LogP contribution in [0.25, 0.3) is 10.9 Å². The minimum atomic E-state index is 0.297. The monoisotopic (exact) mass is 290 g/mol. The molecule has 0 spiro atoms. The van der Waals surface area contributed by atoms with Crippen molar-refractivity contribution in [1.29, 1.82) is 0 Å². The number of hydrogen-bond acceptors (Lipinski definition) is 3. The predicted molar refractivity (Wildman–Crippen MR) is 86.5 cm³/mol. The van der Waals surface area contributed by atoms with Gasteiger partial charge in [0, 0.05) is 45.1 Å². The van der Waals surface area contributed by atoms with E-state index in [1.165, 1.54) is 16.5 Å². The van der Waals surface area contributed by atoms with E-state index in [0.29, 0.717) is 6.61 Å². The first-order valence-electron chi connectivity index (χ1n) is 7.73. The fraction of sp³-hybridized carbons (Fsp3) is 0.529. The van der Waals surface area contributed by atoms with Crippen LogP contribution in [0.4, 0.5) is 0 Å². The number of rotatable bonds is 10. The Morgan fingerprint density at radius 2 is 2.10 bits per heavy atom. The third-order valence-electron chi connectivity index (χ3n) is 3.70. The first-order valence-corrected chi connectivity index (χ1v) is 7.73. The molecule has 0 aliphatic heterocycles. The van der Waals surface area contributed by atoms with Crippen LogP contribution >= 0.6 is 0 Å². The lowest BCUT2D eigenvalue weighted by molar-refractivity contribution is 0.199. The van der Waals surface area contributed by atoms with Gasteiger partial charge in [-0.05, 0) is 48.4 Å². The van der Waals surface area contributed by atoms with Gasteiger partial charge in [0.15, 0.2) is 0 Å². The lowest BCUT2D eigenvalue weighted by Crippen LogP contribution is -2.18. The smallest absolute Gasteiger partial charge is 0.0587 e. The lowest BCUT2D eigenvalue weighted by atomic mass is 10.1. The molecule has 4 heteroatoms. The molecule has 2 N–H and O–H groups in total. The Kier molecular flexibility index (Phi) is 6.73. The fourth-order valence-corrected chi connectivity index (χ4v) is 2.53. The van der Waals surface area contributed by atoms with E-state index in [0.717, 1.165) is 45.5 Å². The lowest BCUT2D eigenvalue weighted by Gasteiger charge is -2.07. The Balaban J connectivity index is 1.91. The number of benzene rings is 1. The van der Waals surface area contributed by atoms with E-state index >= 15 is 0 Å². The van der Waals surface area contributed by atoms with Crippen LogP contribution in [0.1, 0.15) is 24.8 Å². The van der Waals surface area contributed by atoms with Crippen molar-refractivity contribution in [2.24, 2.45) is 0 Å². The van der Waals surface area contributed by atoms with Crippen LogP contribution < -0.4 is 5.32 Å². The van der Waals surface area contributed by atoms with Crippen molar-refractivity contribution in [3.05, 3.63) is 36.0 Å². The summed E-state index contributed by atoms with van der Waals surface area (Å²) < 4.78 is 7.33. The summed E-state index contributed by atoms with van der Waals surface area (Å²) in [6.45, 7) is 3.81. The van der Waals surface area contributed by atoms with Gasteiger partial charge in [-0.3, -0.25) is 0 Å². The number of aryl methyl sites for hydroxylation is 1. The SMILES string of the molecule is COCCNCc1ccc2c(ccn2CCCCCO)c1. The normalized spacial score (nSPS) is 11.3. The zero-order valence-corrected chi connectivity index (χ0v) is 12.8. The summed E-state index contributed by atoms with van der Waals surface area (Å²) in [7, 11) is 1.72. The summed E-state index contributed by atoms with van der Waals surface area (Å²) in [5.74, 6) is 0. The van der Waals surface area contributed by atoms with Gasteiger partial charge in [-0.2, -0.15) is 0 Å². The zero-order chi connectivity index (χ0) is 14.9. The Bertz CT molecular complexity index is 537. The number of aliphatic hydroxyl groups excluding tert-OH is 1. The summed E-state index contributed by atoms with van der Waals surface area (Å²) in [5, 5.41) is 13.5. The average molecular weight is 290 g/mol. The molecule has 1 aromatic carbocycles. The fourth-order valence-electron chi connectivity index (χ4n) is 2.53. The molecule has 116 valence electrons. The van der Waals surface area contributed by atoms with Crippen molar-refractivity contribution in [1.82, 2.24) is 9.88 Å². The number of nitrogens with zero attached hydrogens (tertiary/aromatic N) is 1. The minimum absolute atomic E-state index is 0.297. The van der Waals surface area contributed by atoms with Crippen LogP contribution in [0, 0.1) is 0 Å². The topological polar surface area (TPSA) is 46.4 Å². The minimum Gasteiger partial charge on any atom is -0.396 e. The van der Waals surface area contributed by atoms with Gasteiger partial charge in [0.2, 0.25) is 0 Å². The second-order valence-electron chi connectivity index (χ2n) is 5.36. The Morgan fingerprint density at radius 3 is 2.90 bits per heavy atom. The molecule has 0 saturated heterocycles. The molecule has 1 aromatic heterocycles. The maximum Gasteiger partial charge on any atom is 0.0587 e. The van der Waals surface area contributed by atoms with Crippen LogP contribution in [0.15, 0.2) is 30.5 Å². The van der Waals surface area contributed by atoms with Gasteiger partial charge in [-0.15, -0.1) is 0 Å². The van der Waals surface area contributed by atoms with Gasteiger partial charge in [-0.1, -0.05) is 6.07 Å². The summed E-state index contributed by atoms with van der Waals surface area (Å²) in [6.07, 6.45) is 5.25. The molecule has 0 atom stereocenters. The van der Waals surface area contributed by atoms with Gasteiger partial charge >= 0.3 is 0 Å². The van der Waals surface area contributed by atoms with Crippen LogP contribution in [-0.4, -0.2) is 36.5 Å². The third-order valence-corrected chi connectivity index (χ3v) is 3.70. The molecule has 0 unspecified atom stereocenters. The maximum absolute atomic E-state index is 8.81. The van der Waals surface area contributed by atoms with E-state index < -0.39 is 0 Å². The number of nitrogens with one attached hydrogen (secondary N) is 1. The number of hydrogen-bond donors (Lipinski definition) is 2. The predicted octanol–water partition coefficient (Wildman–Crippen LogP) is 2.54. The summed E-state index contributed by atoms with van der Waals surface area (Å²) in [6, 6.07) is 8.82. The Morgan fingerprint density at radius 1 is 1.19 bits per heavy atom. The molecule has 4 nitrogen and oxygen atoms in total. The van der Waals surface area contributed by atoms with Crippen LogP contribution in [0.2, 0.25) is 0 Å². The van der Waals surface area contributed by atoms with E-state index in [-0.39, 0.29) is 0 Å². The van der Waals surface area contributed by atoms with E-state index in [4.69, 9.17) is 9.84 Å². The number of methoxy groups -OCH3 is 1. The van der Waals surface area contributed by atoms with Crippen molar-refractivity contribution < 1.29 is 9.84 Å². The number of unbranched alkanes of at least 4 members (excludes halogenated alkanes) is 2. The Labute approximate surface area is 126 Å². The van der Waals surface area contributed by atoms with Gasteiger partial charge in [0.25, 0.3) is 0 Å². The van der Waals surface area contributed by atoms with Crippen molar-refractivity contribution in [2.75, 3.05) is 26.9 Å². The zero-order valence-electron chi connectivity index (χ0n) is 12.8.